The van der Waals surface area contributed by atoms with Crippen molar-refractivity contribution in [1.29, 1.82) is 0 Å². The van der Waals surface area contributed by atoms with Crippen LogP contribution in [-0.2, 0) is 4.79 Å². The summed E-state index contributed by atoms with van der Waals surface area (Å²) in [6, 6.07) is 5.58. The Morgan fingerprint density at radius 3 is 2.78 bits per heavy atom. The zero-order chi connectivity index (χ0) is 12.6. The third kappa shape index (κ3) is 1.64. The first-order valence-corrected chi connectivity index (χ1v) is 6.43. The Hall–Kier alpha value is -1.71. The van der Waals surface area contributed by atoms with Crippen LogP contribution in [0.15, 0.2) is 18.2 Å². The summed E-state index contributed by atoms with van der Waals surface area (Å²) in [5.74, 6) is 1.33. The van der Waals surface area contributed by atoms with E-state index in [9.17, 15) is 4.79 Å². The van der Waals surface area contributed by atoms with Crippen molar-refractivity contribution in [3.63, 3.8) is 0 Å². The molecule has 0 bridgehead atoms. The molecule has 1 N–H and O–H groups in total. The highest BCUT2D eigenvalue weighted by molar-refractivity contribution is 6.02. The average molecular weight is 247 g/mol. The van der Waals surface area contributed by atoms with Gasteiger partial charge in [-0.2, -0.15) is 0 Å². The van der Waals surface area contributed by atoms with Crippen molar-refractivity contribution >= 4 is 11.6 Å². The number of hydrogen-bond acceptors (Lipinski definition) is 3. The van der Waals surface area contributed by atoms with Crippen LogP contribution in [0.1, 0.15) is 32.1 Å². The van der Waals surface area contributed by atoms with Crippen LogP contribution in [0.5, 0.6) is 11.5 Å². The lowest BCUT2D eigenvalue weighted by atomic mass is 9.83. The number of nitrogens with one attached hydrogen (secondary N) is 1. The van der Waals surface area contributed by atoms with Gasteiger partial charge >= 0.3 is 0 Å². The van der Waals surface area contributed by atoms with Gasteiger partial charge in [0, 0.05) is 0 Å². The molecule has 3 rings (SSSR count). The van der Waals surface area contributed by atoms with Gasteiger partial charge in [-0.1, -0.05) is 12.5 Å². The van der Waals surface area contributed by atoms with Crippen LogP contribution in [0.2, 0.25) is 0 Å². The molecule has 0 unspecified atom stereocenters. The second-order valence-corrected chi connectivity index (χ2v) is 4.94. The van der Waals surface area contributed by atoms with E-state index >= 15 is 0 Å². The zero-order valence-corrected chi connectivity index (χ0v) is 10.5. The van der Waals surface area contributed by atoms with E-state index in [1.165, 1.54) is 6.42 Å². The van der Waals surface area contributed by atoms with Gasteiger partial charge in [0.2, 0.25) is 0 Å². The van der Waals surface area contributed by atoms with E-state index in [1.54, 1.807) is 7.11 Å². The van der Waals surface area contributed by atoms with Crippen molar-refractivity contribution < 1.29 is 14.3 Å². The average Bonchev–Trinajstić information content (AvgIpc) is 2.41. The Morgan fingerprint density at radius 1 is 1.28 bits per heavy atom. The minimum atomic E-state index is -0.655. The number of fused-ring (bicyclic) bond motifs is 1. The van der Waals surface area contributed by atoms with Gasteiger partial charge in [-0.3, -0.25) is 4.79 Å². The number of rotatable bonds is 1. The second-order valence-electron chi connectivity index (χ2n) is 4.94. The first kappa shape index (κ1) is 11.4. The first-order chi connectivity index (χ1) is 8.75. The molecular weight excluding hydrogens is 230 g/mol. The molecule has 0 atom stereocenters. The summed E-state index contributed by atoms with van der Waals surface area (Å²) in [5.41, 5.74) is -0.00126. The molecule has 96 valence electrons. The van der Waals surface area contributed by atoms with Gasteiger partial charge in [0.15, 0.2) is 5.60 Å². The van der Waals surface area contributed by atoms with Crippen LogP contribution in [0.3, 0.4) is 0 Å². The Morgan fingerprint density at radius 2 is 2.06 bits per heavy atom. The summed E-state index contributed by atoms with van der Waals surface area (Å²) in [7, 11) is 1.59. The Balaban J connectivity index is 1.99. The van der Waals surface area contributed by atoms with Gasteiger partial charge in [0.05, 0.1) is 7.11 Å². The summed E-state index contributed by atoms with van der Waals surface area (Å²) in [6.07, 6.45) is 4.88. The molecule has 1 spiro atoms. The monoisotopic (exact) mass is 247 g/mol. The van der Waals surface area contributed by atoms with Crippen molar-refractivity contribution in [2.45, 2.75) is 37.7 Å². The summed E-state index contributed by atoms with van der Waals surface area (Å²) in [6.45, 7) is 0. The van der Waals surface area contributed by atoms with Crippen LogP contribution >= 0.6 is 0 Å². The lowest BCUT2D eigenvalue weighted by Gasteiger charge is -2.40. The van der Waals surface area contributed by atoms with Crippen LogP contribution < -0.4 is 14.8 Å². The van der Waals surface area contributed by atoms with Gasteiger partial charge in [0.1, 0.15) is 17.2 Å². The van der Waals surface area contributed by atoms with Gasteiger partial charge in [-0.05, 0) is 37.8 Å². The van der Waals surface area contributed by atoms with E-state index in [0.717, 1.165) is 31.4 Å². The molecule has 4 heteroatoms. The number of hydrogen-bond donors (Lipinski definition) is 1. The number of carbonyl (C=O) groups excluding carboxylic acids is 1. The summed E-state index contributed by atoms with van der Waals surface area (Å²) in [5, 5.41) is 2.95. The SMILES string of the molecule is COc1cccc2c1NC(=O)C1(CCCCC1)O2. The predicted molar refractivity (Wildman–Crippen MR) is 68.1 cm³/mol. The standard InChI is InChI=1S/C14H17NO3/c1-17-10-6-5-7-11-12(10)15-13(16)14(18-11)8-3-2-4-9-14/h5-7H,2-4,8-9H2,1H3,(H,15,16). The Bertz CT molecular complexity index is 478. The summed E-state index contributed by atoms with van der Waals surface area (Å²) in [4.78, 5) is 12.3. The molecule has 1 aromatic rings. The Labute approximate surface area is 106 Å². The molecule has 1 saturated carbocycles. The predicted octanol–water partition coefficient (Wildman–Crippen LogP) is 2.73. The maximum Gasteiger partial charge on any atom is 0.268 e. The fraction of sp³-hybridized carbons (Fsp3) is 0.500. The Kier molecular flexibility index (Phi) is 2.65. The lowest BCUT2D eigenvalue weighted by Crippen LogP contribution is -2.52. The largest absolute Gasteiger partial charge is 0.494 e. The molecule has 4 nitrogen and oxygen atoms in total. The summed E-state index contributed by atoms with van der Waals surface area (Å²) < 4.78 is 11.3. The fourth-order valence-electron chi connectivity index (χ4n) is 2.83. The minimum Gasteiger partial charge on any atom is -0.494 e. The number of anilines is 1. The van der Waals surface area contributed by atoms with Crippen molar-refractivity contribution in [1.82, 2.24) is 0 Å². The van der Waals surface area contributed by atoms with E-state index in [2.05, 4.69) is 5.32 Å². The molecule has 1 amide bonds. The number of carbonyl (C=O) groups is 1. The number of para-hydroxylation sites is 1. The molecule has 1 aliphatic heterocycles. The van der Waals surface area contributed by atoms with Gasteiger partial charge < -0.3 is 14.8 Å². The smallest absolute Gasteiger partial charge is 0.268 e. The highest BCUT2D eigenvalue weighted by Crippen LogP contribution is 2.44. The quantitative estimate of drug-likeness (QED) is 0.830. The third-order valence-corrected chi connectivity index (χ3v) is 3.83. The van der Waals surface area contributed by atoms with E-state index in [-0.39, 0.29) is 5.91 Å². The highest BCUT2D eigenvalue weighted by atomic mass is 16.5. The third-order valence-electron chi connectivity index (χ3n) is 3.83. The van der Waals surface area contributed by atoms with Crippen molar-refractivity contribution in [2.75, 3.05) is 12.4 Å². The van der Waals surface area contributed by atoms with Crippen LogP contribution in [0.4, 0.5) is 5.69 Å². The maximum absolute atomic E-state index is 12.3. The fourth-order valence-corrected chi connectivity index (χ4v) is 2.83. The van der Waals surface area contributed by atoms with Gasteiger partial charge in [-0.25, -0.2) is 0 Å². The number of amides is 1. The van der Waals surface area contributed by atoms with E-state index in [4.69, 9.17) is 9.47 Å². The molecular formula is C14H17NO3. The molecule has 1 aliphatic carbocycles. The molecule has 1 aromatic carbocycles. The zero-order valence-electron chi connectivity index (χ0n) is 10.5. The topological polar surface area (TPSA) is 47.6 Å². The molecule has 2 aliphatic rings. The van der Waals surface area contributed by atoms with Crippen molar-refractivity contribution in [3.8, 4) is 11.5 Å². The molecule has 1 heterocycles. The molecule has 0 radical (unpaired) electrons. The molecule has 0 saturated heterocycles. The number of methoxy groups -OCH3 is 1. The molecule has 1 fully saturated rings. The summed E-state index contributed by atoms with van der Waals surface area (Å²) >= 11 is 0. The minimum absolute atomic E-state index is 0.0285. The van der Waals surface area contributed by atoms with Gasteiger partial charge in [-0.15, -0.1) is 0 Å². The molecule has 18 heavy (non-hydrogen) atoms. The van der Waals surface area contributed by atoms with E-state index in [1.807, 2.05) is 18.2 Å². The van der Waals surface area contributed by atoms with Crippen LogP contribution in [0, 0.1) is 0 Å². The first-order valence-electron chi connectivity index (χ1n) is 6.43. The lowest BCUT2D eigenvalue weighted by molar-refractivity contribution is -0.135. The highest BCUT2D eigenvalue weighted by Gasteiger charge is 2.45. The van der Waals surface area contributed by atoms with Crippen molar-refractivity contribution in [3.05, 3.63) is 18.2 Å². The van der Waals surface area contributed by atoms with Gasteiger partial charge in [0.25, 0.3) is 5.91 Å². The number of benzene rings is 1. The van der Waals surface area contributed by atoms with Crippen LogP contribution in [0.25, 0.3) is 0 Å². The maximum atomic E-state index is 12.3. The van der Waals surface area contributed by atoms with Crippen molar-refractivity contribution in [2.24, 2.45) is 0 Å². The van der Waals surface area contributed by atoms with Crippen LogP contribution in [-0.4, -0.2) is 18.6 Å². The number of ether oxygens (including phenoxy) is 2. The van der Waals surface area contributed by atoms with E-state index in [0.29, 0.717) is 11.4 Å². The molecule has 0 aromatic heterocycles. The normalized spacial score (nSPS) is 20.8. The van der Waals surface area contributed by atoms with E-state index < -0.39 is 5.60 Å². The second kappa shape index (κ2) is 4.19.